The van der Waals surface area contributed by atoms with Crippen LogP contribution < -0.4 is 10.6 Å². The standard InChI is InChI=1S/C16H22N2O4/c1-3-21-14(19)13-9-16(2,18-11-17-13)15(20)22-10-12-7-5-4-6-8-12/h4-8,13,17-18H,3,9-11H2,1-2H3/t13-,16+/m0/s1. The van der Waals surface area contributed by atoms with Crippen molar-refractivity contribution in [3.63, 3.8) is 0 Å². The fraction of sp³-hybridized carbons (Fsp3) is 0.500. The van der Waals surface area contributed by atoms with Gasteiger partial charge in [0.15, 0.2) is 0 Å². The monoisotopic (exact) mass is 306 g/mol. The smallest absolute Gasteiger partial charge is 0.326 e. The normalized spacial score (nSPS) is 24.5. The molecule has 1 aliphatic rings. The second kappa shape index (κ2) is 7.38. The van der Waals surface area contributed by atoms with Gasteiger partial charge in [-0.15, -0.1) is 0 Å². The van der Waals surface area contributed by atoms with E-state index in [1.807, 2.05) is 30.3 Å². The molecule has 120 valence electrons. The lowest BCUT2D eigenvalue weighted by Gasteiger charge is -2.36. The van der Waals surface area contributed by atoms with Gasteiger partial charge in [0.2, 0.25) is 0 Å². The quantitative estimate of drug-likeness (QED) is 0.789. The first-order valence-corrected chi connectivity index (χ1v) is 7.41. The molecule has 1 heterocycles. The second-order valence-electron chi connectivity index (χ2n) is 5.46. The molecule has 0 spiro atoms. The van der Waals surface area contributed by atoms with Gasteiger partial charge in [0.05, 0.1) is 6.61 Å². The number of carbonyl (C=O) groups is 2. The zero-order valence-electron chi connectivity index (χ0n) is 12.9. The van der Waals surface area contributed by atoms with Crippen LogP contribution in [0, 0.1) is 0 Å². The van der Waals surface area contributed by atoms with E-state index >= 15 is 0 Å². The van der Waals surface area contributed by atoms with Crippen LogP contribution >= 0.6 is 0 Å². The molecule has 0 radical (unpaired) electrons. The Labute approximate surface area is 130 Å². The third kappa shape index (κ3) is 4.05. The third-order valence-corrected chi connectivity index (χ3v) is 3.67. The minimum absolute atomic E-state index is 0.217. The Morgan fingerprint density at radius 1 is 1.27 bits per heavy atom. The van der Waals surface area contributed by atoms with E-state index in [2.05, 4.69) is 10.6 Å². The van der Waals surface area contributed by atoms with Gasteiger partial charge in [0.25, 0.3) is 0 Å². The van der Waals surface area contributed by atoms with Crippen LogP contribution in [0.4, 0.5) is 0 Å². The number of ether oxygens (including phenoxy) is 2. The maximum atomic E-state index is 12.4. The van der Waals surface area contributed by atoms with E-state index < -0.39 is 11.6 Å². The highest BCUT2D eigenvalue weighted by molar-refractivity contribution is 5.83. The Hall–Kier alpha value is -1.92. The molecule has 0 bridgehead atoms. The van der Waals surface area contributed by atoms with Crippen molar-refractivity contribution in [2.75, 3.05) is 13.3 Å². The van der Waals surface area contributed by atoms with Crippen molar-refractivity contribution >= 4 is 11.9 Å². The molecule has 0 amide bonds. The van der Waals surface area contributed by atoms with E-state index in [0.29, 0.717) is 19.7 Å². The van der Waals surface area contributed by atoms with E-state index in [0.717, 1.165) is 5.56 Å². The summed E-state index contributed by atoms with van der Waals surface area (Å²) in [5.41, 5.74) is 0.0209. The summed E-state index contributed by atoms with van der Waals surface area (Å²) in [6, 6.07) is 8.98. The Bertz CT molecular complexity index is 520. The highest BCUT2D eigenvalue weighted by Crippen LogP contribution is 2.19. The van der Waals surface area contributed by atoms with Gasteiger partial charge in [0, 0.05) is 13.1 Å². The summed E-state index contributed by atoms with van der Waals surface area (Å²) in [5, 5.41) is 6.06. The second-order valence-corrected chi connectivity index (χ2v) is 5.46. The fourth-order valence-corrected chi connectivity index (χ4v) is 2.37. The molecule has 0 aromatic heterocycles. The summed E-state index contributed by atoms with van der Waals surface area (Å²) in [6.45, 7) is 4.38. The van der Waals surface area contributed by atoms with Crippen LogP contribution in [-0.2, 0) is 25.7 Å². The molecule has 1 aromatic carbocycles. The van der Waals surface area contributed by atoms with Gasteiger partial charge in [-0.2, -0.15) is 0 Å². The zero-order chi connectivity index (χ0) is 16.0. The van der Waals surface area contributed by atoms with Crippen LogP contribution in [0.15, 0.2) is 30.3 Å². The number of benzene rings is 1. The van der Waals surface area contributed by atoms with Crippen molar-refractivity contribution in [1.82, 2.24) is 10.6 Å². The molecule has 6 heteroatoms. The van der Waals surface area contributed by atoms with Crippen LogP contribution in [-0.4, -0.2) is 36.8 Å². The number of rotatable bonds is 5. The molecule has 0 aliphatic carbocycles. The minimum Gasteiger partial charge on any atom is -0.465 e. The Morgan fingerprint density at radius 3 is 2.68 bits per heavy atom. The lowest BCUT2D eigenvalue weighted by atomic mass is 9.91. The Kier molecular flexibility index (Phi) is 5.51. The van der Waals surface area contributed by atoms with E-state index in [1.165, 1.54) is 0 Å². The number of esters is 2. The van der Waals surface area contributed by atoms with E-state index in [9.17, 15) is 9.59 Å². The van der Waals surface area contributed by atoms with Crippen LogP contribution in [0.5, 0.6) is 0 Å². The Balaban J connectivity index is 1.93. The summed E-state index contributed by atoms with van der Waals surface area (Å²) < 4.78 is 10.4. The largest absolute Gasteiger partial charge is 0.465 e. The van der Waals surface area contributed by atoms with Gasteiger partial charge in [-0.3, -0.25) is 20.2 Å². The van der Waals surface area contributed by atoms with Crippen molar-refractivity contribution in [3.8, 4) is 0 Å². The van der Waals surface area contributed by atoms with E-state index in [-0.39, 0.29) is 18.5 Å². The summed E-state index contributed by atoms with van der Waals surface area (Å²) >= 11 is 0. The molecule has 2 atom stereocenters. The molecular formula is C16H22N2O4. The predicted octanol–water partition coefficient (Wildman–Crippen LogP) is 0.961. The third-order valence-electron chi connectivity index (χ3n) is 3.67. The number of nitrogens with one attached hydrogen (secondary N) is 2. The van der Waals surface area contributed by atoms with Gasteiger partial charge in [-0.1, -0.05) is 30.3 Å². The molecule has 1 aromatic rings. The highest BCUT2D eigenvalue weighted by atomic mass is 16.5. The summed E-state index contributed by atoms with van der Waals surface area (Å²) in [6.07, 6.45) is 0.291. The molecule has 0 saturated carbocycles. The van der Waals surface area contributed by atoms with Crippen LogP contribution in [0.25, 0.3) is 0 Å². The van der Waals surface area contributed by atoms with Crippen molar-refractivity contribution in [2.24, 2.45) is 0 Å². The molecule has 1 fully saturated rings. The highest BCUT2D eigenvalue weighted by Gasteiger charge is 2.42. The lowest BCUT2D eigenvalue weighted by Crippen LogP contribution is -2.63. The summed E-state index contributed by atoms with van der Waals surface area (Å²) in [5.74, 6) is -0.710. The van der Waals surface area contributed by atoms with Gasteiger partial charge in [0.1, 0.15) is 18.2 Å². The maximum absolute atomic E-state index is 12.4. The van der Waals surface area contributed by atoms with Crippen LogP contribution in [0.1, 0.15) is 25.8 Å². The average Bonchev–Trinajstić information content (AvgIpc) is 2.54. The van der Waals surface area contributed by atoms with Gasteiger partial charge in [-0.05, 0) is 19.4 Å². The molecule has 6 nitrogen and oxygen atoms in total. The topological polar surface area (TPSA) is 76.7 Å². The first-order valence-electron chi connectivity index (χ1n) is 7.41. The molecule has 0 unspecified atom stereocenters. The maximum Gasteiger partial charge on any atom is 0.326 e. The molecular weight excluding hydrogens is 284 g/mol. The average molecular weight is 306 g/mol. The Morgan fingerprint density at radius 2 is 2.00 bits per heavy atom. The lowest BCUT2D eigenvalue weighted by molar-refractivity contribution is -0.156. The zero-order valence-corrected chi connectivity index (χ0v) is 12.9. The molecule has 1 aliphatic heterocycles. The van der Waals surface area contributed by atoms with Crippen molar-refractivity contribution in [1.29, 1.82) is 0 Å². The van der Waals surface area contributed by atoms with Gasteiger partial charge >= 0.3 is 11.9 Å². The predicted molar refractivity (Wildman–Crippen MR) is 80.8 cm³/mol. The van der Waals surface area contributed by atoms with Gasteiger partial charge < -0.3 is 9.47 Å². The first-order chi connectivity index (χ1) is 10.5. The van der Waals surface area contributed by atoms with E-state index in [4.69, 9.17) is 9.47 Å². The van der Waals surface area contributed by atoms with Crippen molar-refractivity contribution in [2.45, 2.75) is 38.5 Å². The fourth-order valence-electron chi connectivity index (χ4n) is 2.37. The van der Waals surface area contributed by atoms with E-state index in [1.54, 1.807) is 13.8 Å². The SMILES string of the molecule is CCOC(=O)[C@@H]1C[C@](C)(C(=O)OCc2ccccc2)NCN1. The number of carbonyl (C=O) groups excluding carboxylic acids is 2. The summed E-state index contributed by atoms with van der Waals surface area (Å²) in [4.78, 5) is 24.2. The van der Waals surface area contributed by atoms with Crippen LogP contribution in [0.2, 0.25) is 0 Å². The van der Waals surface area contributed by atoms with Gasteiger partial charge in [-0.25, -0.2) is 0 Å². The van der Waals surface area contributed by atoms with Crippen molar-refractivity contribution in [3.05, 3.63) is 35.9 Å². The minimum atomic E-state index is -0.905. The summed E-state index contributed by atoms with van der Waals surface area (Å²) in [7, 11) is 0. The van der Waals surface area contributed by atoms with Crippen LogP contribution in [0.3, 0.4) is 0 Å². The first kappa shape index (κ1) is 16.5. The molecule has 2 rings (SSSR count). The number of hydrogen-bond donors (Lipinski definition) is 2. The molecule has 22 heavy (non-hydrogen) atoms. The van der Waals surface area contributed by atoms with Crippen molar-refractivity contribution < 1.29 is 19.1 Å². The molecule has 1 saturated heterocycles. The number of hydrogen-bond acceptors (Lipinski definition) is 6. The molecule has 2 N–H and O–H groups in total.